The van der Waals surface area contributed by atoms with Crippen molar-refractivity contribution in [2.75, 3.05) is 0 Å². The maximum absolute atomic E-state index is 11.9. The van der Waals surface area contributed by atoms with Gasteiger partial charge in [-0.05, 0) is 79.4 Å². The van der Waals surface area contributed by atoms with Crippen molar-refractivity contribution in [3.63, 3.8) is 0 Å². The van der Waals surface area contributed by atoms with Crippen molar-refractivity contribution < 1.29 is 10.2 Å². The quantitative estimate of drug-likeness (QED) is 0.584. The van der Waals surface area contributed by atoms with Crippen LogP contribution in [0.2, 0.25) is 0 Å². The lowest BCUT2D eigenvalue weighted by atomic mass is 9.53. The van der Waals surface area contributed by atoms with E-state index in [0.717, 1.165) is 37.0 Å². The molecule has 170 valence electrons. The number of aliphatic hydroxyl groups is 2. The van der Waals surface area contributed by atoms with Crippen LogP contribution >= 0.6 is 0 Å². The van der Waals surface area contributed by atoms with Crippen molar-refractivity contribution >= 4 is 0 Å². The average Bonchev–Trinajstić information content (AvgIpc) is 3.11. The molecule has 0 amide bonds. The number of rotatable bonds is 5. The zero-order valence-corrected chi connectivity index (χ0v) is 20.0. The van der Waals surface area contributed by atoms with Gasteiger partial charge in [0.1, 0.15) is 0 Å². The molecule has 30 heavy (non-hydrogen) atoms. The van der Waals surface area contributed by atoms with Gasteiger partial charge >= 0.3 is 0 Å². The maximum Gasteiger partial charge on any atom is 0.0888 e. The fourth-order valence-electron chi connectivity index (χ4n) is 9.30. The molecule has 4 fully saturated rings. The lowest BCUT2D eigenvalue weighted by Gasteiger charge is -2.52. The van der Waals surface area contributed by atoms with E-state index >= 15 is 0 Å². The van der Waals surface area contributed by atoms with Crippen LogP contribution in [-0.4, -0.2) is 21.9 Å². The van der Waals surface area contributed by atoms with Crippen LogP contribution in [0.3, 0.4) is 0 Å². The third-order valence-electron chi connectivity index (χ3n) is 10.9. The molecule has 4 rings (SSSR count). The summed E-state index contributed by atoms with van der Waals surface area (Å²) in [6.45, 7) is 11.9. The summed E-state index contributed by atoms with van der Waals surface area (Å²) in [7, 11) is 0. The molecule has 4 aliphatic rings. The third-order valence-corrected chi connectivity index (χ3v) is 10.9. The average molecular weight is 416 g/mol. The first-order valence-corrected chi connectivity index (χ1v) is 12.9. The van der Waals surface area contributed by atoms with Crippen LogP contribution in [0.15, 0.2) is 0 Å². The van der Waals surface area contributed by atoms with Crippen molar-refractivity contribution in [3.05, 3.63) is 0 Å². The van der Waals surface area contributed by atoms with Gasteiger partial charge in [-0.3, -0.25) is 0 Å². The molecule has 0 unspecified atom stereocenters. The Morgan fingerprint density at radius 2 is 1.73 bits per heavy atom. The molecule has 0 spiro atoms. The SMILES string of the molecule is CC(C)CCC[C@@H](C)[C@H]1CC[C@H]2[C@@H]3[C@@H](C#N)[C@]4(O)C[C@@H](O)CC[C@]4(C)[C@H]3CC[C@]12C. The first-order valence-electron chi connectivity index (χ1n) is 12.9. The number of nitriles is 1. The van der Waals surface area contributed by atoms with Crippen molar-refractivity contribution in [3.8, 4) is 6.07 Å². The topological polar surface area (TPSA) is 64.2 Å². The second kappa shape index (κ2) is 7.77. The Kier molecular flexibility index (Phi) is 5.85. The zero-order chi connectivity index (χ0) is 21.9. The van der Waals surface area contributed by atoms with Crippen LogP contribution in [0.25, 0.3) is 0 Å². The van der Waals surface area contributed by atoms with E-state index in [4.69, 9.17) is 0 Å². The van der Waals surface area contributed by atoms with Crippen LogP contribution in [0.4, 0.5) is 0 Å². The molecule has 4 aliphatic carbocycles. The number of hydrogen-bond acceptors (Lipinski definition) is 3. The standard InChI is InChI=1S/C27H45NO2/c1-17(2)7-6-8-18(3)20-9-10-21-24-22(12-13-25(20,21)4)26(5)14-11-19(29)15-27(26,30)23(24)16-28/h17-24,29-30H,6-15H2,1-5H3/t18-,19+,20-,21+,22+,23-,24+,25-,26-,27-/m1/s1. The van der Waals surface area contributed by atoms with Gasteiger partial charge in [0.05, 0.1) is 23.7 Å². The van der Waals surface area contributed by atoms with Gasteiger partial charge < -0.3 is 10.2 Å². The first-order chi connectivity index (χ1) is 14.1. The summed E-state index contributed by atoms with van der Waals surface area (Å²) in [5.41, 5.74) is -0.910. The molecule has 0 aromatic carbocycles. The van der Waals surface area contributed by atoms with Crippen LogP contribution in [-0.2, 0) is 0 Å². The largest absolute Gasteiger partial charge is 0.393 e. The summed E-state index contributed by atoms with van der Waals surface area (Å²) < 4.78 is 0. The molecule has 0 aliphatic heterocycles. The summed E-state index contributed by atoms with van der Waals surface area (Å²) in [6, 6.07) is 2.61. The van der Waals surface area contributed by atoms with E-state index in [1.54, 1.807) is 0 Å². The summed E-state index contributed by atoms with van der Waals surface area (Å²) >= 11 is 0. The lowest BCUT2D eigenvalue weighted by Crippen LogP contribution is -2.53. The highest BCUT2D eigenvalue weighted by atomic mass is 16.3. The van der Waals surface area contributed by atoms with E-state index in [1.807, 2.05) is 0 Å². The monoisotopic (exact) mass is 415 g/mol. The molecular formula is C27H45NO2. The Balaban J connectivity index is 1.59. The Hall–Kier alpha value is -0.590. The van der Waals surface area contributed by atoms with Crippen molar-refractivity contribution in [2.45, 2.75) is 111 Å². The molecule has 3 nitrogen and oxygen atoms in total. The third kappa shape index (κ3) is 3.11. The van der Waals surface area contributed by atoms with Gasteiger partial charge in [0.15, 0.2) is 0 Å². The number of nitrogens with zero attached hydrogens (tertiary/aromatic N) is 1. The Morgan fingerprint density at radius 3 is 2.40 bits per heavy atom. The highest BCUT2D eigenvalue weighted by molar-refractivity contribution is 5.24. The van der Waals surface area contributed by atoms with Gasteiger partial charge in [-0.1, -0.05) is 53.9 Å². The normalized spacial score (nSPS) is 51.2. The number of hydrogen-bond donors (Lipinski definition) is 2. The van der Waals surface area contributed by atoms with Crippen LogP contribution in [0.1, 0.15) is 98.8 Å². The molecule has 10 atom stereocenters. The van der Waals surface area contributed by atoms with Crippen LogP contribution in [0.5, 0.6) is 0 Å². The van der Waals surface area contributed by atoms with Gasteiger partial charge in [0.25, 0.3) is 0 Å². The van der Waals surface area contributed by atoms with Gasteiger partial charge in [0, 0.05) is 11.8 Å². The molecule has 4 saturated carbocycles. The van der Waals surface area contributed by atoms with Crippen LogP contribution < -0.4 is 0 Å². The van der Waals surface area contributed by atoms with Crippen molar-refractivity contribution in [1.29, 1.82) is 5.26 Å². The number of aliphatic hydroxyl groups excluding tert-OH is 1. The maximum atomic E-state index is 11.9. The fraction of sp³-hybridized carbons (Fsp3) is 0.963. The van der Waals surface area contributed by atoms with E-state index in [-0.39, 0.29) is 11.3 Å². The Morgan fingerprint density at radius 1 is 1.00 bits per heavy atom. The minimum atomic E-state index is -1.01. The van der Waals surface area contributed by atoms with Gasteiger partial charge in [-0.15, -0.1) is 0 Å². The molecule has 2 N–H and O–H groups in total. The van der Waals surface area contributed by atoms with Crippen LogP contribution in [0, 0.1) is 63.6 Å². The second-order valence-corrected chi connectivity index (χ2v) is 12.7. The minimum absolute atomic E-state index is 0.209. The molecule has 0 bridgehead atoms. The molecule has 0 aromatic heterocycles. The van der Waals surface area contributed by atoms with E-state index in [2.05, 4.69) is 40.7 Å². The fourth-order valence-corrected chi connectivity index (χ4v) is 9.30. The van der Waals surface area contributed by atoms with Gasteiger partial charge in [0.2, 0.25) is 0 Å². The van der Waals surface area contributed by atoms with Gasteiger partial charge in [-0.25, -0.2) is 0 Å². The van der Waals surface area contributed by atoms with E-state index in [1.165, 1.54) is 38.5 Å². The zero-order valence-electron chi connectivity index (χ0n) is 20.0. The molecular weight excluding hydrogens is 370 g/mol. The Bertz CT molecular complexity index is 685. The smallest absolute Gasteiger partial charge is 0.0888 e. The van der Waals surface area contributed by atoms with E-state index in [0.29, 0.717) is 29.6 Å². The molecule has 0 saturated heterocycles. The van der Waals surface area contributed by atoms with Crippen molar-refractivity contribution in [2.24, 2.45) is 52.3 Å². The predicted octanol–water partition coefficient (Wildman–Crippen LogP) is 5.94. The molecule has 0 heterocycles. The van der Waals surface area contributed by atoms with Gasteiger partial charge in [-0.2, -0.15) is 5.26 Å². The van der Waals surface area contributed by atoms with E-state index in [9.17, 15) is 15.5 Å². The lowest BCUT2D eigenvalue weighted by molar-refractivity contribution is -0.144. The molecule has 0 aromatic rings. The second-order valence-electron chi connectivity index (χ2n) is 12.7. The first kappa shape index (κ1) is 22.6. The summed E-state index contributed by atoms with van der Waals surface area (Å²) in [5.74, 6) is 3.28. The summed E-state index contributed by atoms with van der Waals surface area (Å²) in [4.78, 5) is 0. The molecule has 3 heteroatoms. The van der Waals surface area contributed by atoms with E-state index < -0.39 is 11.7 Å². The molecule has 0 radical (unpaired) electrons. The Labute approximate surface area is 184 Å². The summed E-state index contributed by atoms with van der Waals surface area (Å²) in [5, 5.41) is 32.5. The highest BCUT2D eigenvalue weighted by Crippen LogP contribution is 2.73. The number of fused-ring (bicyclic) bond motifs is 5. The minimum Gasteiger partial charge on any atom is -0.393 e. The van der Waals surface area contributed by atoms with Crippen molar-refractivity contribution in [1.82, 2.24) is 0 Å². The summed E-state index contributed by atoms with van der Waals surface area (Å²) in [6.07, 6.45) is 10.5. The predicted molar refractivity (Wildman–Crippen MR) is 120 cm³/mol. The highest BCUT2D eigenvalue weighted by Gasteiger charge is 2.72.